The minimum atomic E-state index is -2.60. The van der Waals surface area contributed by atoms with Gasteiger partial charge >= 0.3 is 0 Å². The fourth-order valence-corrected chi connectivity index (χ4v) is 0.959. The largest absolute Gasteiger partial charge is 0.395 e. The van der Waals surface area contributed by atoms with E-state index >= 15 is 0 Å². The number of nitrogens with zero attached hydrogens (tertiary/aromatic N) is 1. The summed E-state index contributed by atoms with van der Waals surface area (Å²) in [7, 11) is 0. The second-order valence-corrected chi connectivity index (χ2v) is 2.76. The van der Waals surface area contributed by atoms with Crippen molar-refractivity contribution in [1.82, 2.24) is 10.2 Å². The first-order chi connectivity index (χ1) is 7.11. The molecule has 0 heterocycles. The van der Waals surface area contributed by atoms with Gasteiger partial charge in [-0.2, -0.15) is 0 Å². The summed E-state index contributed by atoms with van der Waals surface area (Å²) < 4.78 is 24.1. The van der Waals surface area contributed by atoms with E-state index in [2.05, 4.69) is 11.2 Å². The van der Waals surface area contributed by atoms with Crippen molar-refractivity contribution in [3.8, 4) is 12.3 Å². The van der Waals surface area contributed by atoms with Gasteiger partial charge in [-0.3, -0.25) is 10.1 Å². The smallest absolute Gasteiger partial charge is 0.255 e. The Morgan fingerprint density at radius 2 is 2.27 bits per heavy atom. The molecule has 0 saturated heterocycles. The Morgan fingerprint density at radius 3 is 2.73 bits per heavy atom. The van der Waals surface area contributed by atoms with Crippen LogP contribution in [0.4, 0.5) is 8.78 Å². The van der Waals surface area contributed by atoms with Crippen LogP contribution in [-0.4, -0.2) is 55.1 Å². The normalized spacial score (nSPS) is 10.1. The van der Waals surface area contributed by atoms with Crippen molar-refractivity contribution >= 4 is 5.91 Å². The molecule has 1 amide bonds. The van der Waals surface area contributed by atoms with Crippen molar-refractivity contribution in [2.75, 3.05) is 32.8 Å². The highest BCUT2D eigenvalue weighted by Crippen LogP contribution is 1.98. The molecular weight excluding hydrogens is 206 g/mol. The van der Waals surface area contributed by atoms with E-state index in [4.69, 9.17) is 11.5 Å². The fraction of sp³-hybridized carbons (Fsp3) is 0.667. The lowest BCUT2D eigenvalue weighted by Gasteiger charge is -2.21. The number of hydrogen-bond donors (Lipinski definition) is 2. The van der Waals surface area contributed by atoms with Gasteiger partial charge in [0.1, 0.15) is 0 Å². The van der Waals surface area contributed by atoms with Crippen molar-refractivity contribution in [3.05, 3.63) is 0 Å². The molecule has 0 aliphatic rings. The lowest BCUT2D eigenvalue weighted by Crippen LogP contribution is -2.42. The summed E-state index contributed by atoms with van der Waals surface area (Å²) in [5, 5.41) is 11.2. The average molecular weight is 220 g/mol. The lowest BCUT2D eigenvalue weighted by molar-refractivity contribution is -0.132. The number of carbonyl (C=O) groups excluding carboxylic acids is 1. The molecule has 0 spiro atoms. The van der Waals surface area contributed by atoms with Gasteiger partial charge in [0.2, 0.25) is 5.91 Å². The van der Waals surface area contributed by atoms with E-state index in [0.29, 0.717) is 0 Å². The number of terminal acetylenes is 1. The van der Waals surface area contributed by atoms with Crippen molar-refractivity contribution in [3.63, 3.8) is 0 Å². The van der Waals surface area contributed by atoms with Gasteiger partial charge in [0.15, 0.2) is 0 Å². The highest BCUT2D eigenvalue weighted by molar-refractivity contribution is 5.78. The molecule has 2 N–H and O–H groups in total. The van der Waals surface area contributed by atoms with Crippen molar-refractivity contribution in [2.45, 2.75) is 6.43 Å². The zero-order chi connectivity index (χ0) is 11.7. The molecule has 0 aliphatic heterocycles. The zero-order valence-electron chi connectivity index (χ0n) is 8.25. The van der Waals surface area contributed by atoms with Crippen molar-refractivity contribution in [2.24, 2.45) is 0 Å². The Hall–Kier alpha value is -1.19. The monoisotopic (exact) mass is 220 g/mol. The molecule has 15 heavy (non-hydrogen) atoms. The second kappa shape index (κ2) is 8.15. The third-order valence-electron chi connectivity index (χ3n) is 1.58. The van der Waals surface area contributed by atoms with Crippen LogP contribution < -0.4 is 5.32 Å². The molecule has 0 rings (SSSR count). The predicted octanol–water partition coefficient (Wildman–Crippen LogP) is -0.705. The minimum Gasteiger partial charge on any atom is -0.395 e. The molecule has 0 bridgehead atoms. The van der Waals surface area contributed by atoms with Crippen molar-refractivity contribution < 1.29 is 18.7 Å². The highest BCUT2D eigenvalue weighted by atomic mass is 19.3. The van der Waals surface area contributed by atoms with Crippen LogP contribution in [0.1, 0.15) is 0 Å². The minimum absolute atomic E-state index is 0.0963. The van der Waals surface area contributed by atoms with Crippen LogP contribution in [0.5, 0.6) is 0 Å². The molecule has 86 valence electrons. The molecule has 4 nitrogen and oxygen atoms in total. The van der Waals surface area contributed by atoms with Crippen LogP contribution in [0.15, 0.2) is 0 Å². The molecule has 0 radical (unpaired) electrons. The summed E-state index contributed by atoms with van der Waals surface area (Å²) >= 11 is 0. The van der Waals surface area contributed by atoms with Crippen molar-refractivity contribution in [1.29, 1.82) is 0 Å². The van der Waals surface area contributed by atoms with E-state index < -0.39 is 18.9 Å². The summed E-state index contributed by atoms with van der Waals surface area (Å²) in [5.41, 5.74) is 0. The molecular formula is C9H14F2N2O2. The summed E-state index contributed by atoms with van der Waals surface area (Å²) in [6.07, 6.45) is 2.33. The highest BCUT2D eigenvalue weighted by Gasteiger charge is 2.16. The van der Waals surface area contributed by atoms with E-state index in [9.17, 15) is 13.6 Å². The number of halogens is 2. The molecule has 0 fully saturated rings. The average Bonchev–Trinajstić information content (AvgIpc) is 2.17. The number of rotatable bonds is 7. The third-order valence-corrected chi connectivity index (χ3v) is 1.58. The summed E-state index contributed by atoms with van der Waals surface area (Å²) in [4.78, 5) is 12.2. The van der Waals surface area contributed by atoms with E-state index in [0.717, 1.165) is 4.90 Å². The Bertz CT molecular complexity index is 229. The summed E-state index contributed by atoms with van der Waals surface area (Å²) in [6, 6.07) is 0. The topological polar surface area (TPSA) is 52.6 Å². The van der Waals surface area contributed by atoms with Gasteiger partial charge in [0.25, 0.3) is 6.43 Å². The Morgan fingerprint density at radius 1 is 1.60 bits per heavy atom. The number of hydrogen-bond acceptors (Lipinski definition) is 3. The van der Waals surface area contributed by atoms with E-state index in [1.54, 1.807) is 0 Å². The number of nitrogens with one attached hydrogen (secondary N) is 1. The number of aliphatic hydroxyl groups is 1. The Kier molecular flexibility index (Phi) is 7.50. The van der Waals surface area contributed by atoms with Gasteiger partial charge < -0.3 is 10.0 Å². The fourth-order valence-electron chi connectivity index (χ4n) is 0.959. The van der Waals surface area contributed by atoms with Gasteiger partial charge in [-0.1, -0.05) is 5.92 Å². The maximum Gasteiger partial charge on any atom is 0.255 e. The van der Waals surface area contributed by atoms with Gasteiger partial charge in [-0.15, -0.1) is 6.42 Å². The van der Waals surface area contributed by atoms with Gasteiger partial charge in [-0.25, -0.2) is 8.78 Å². The van der Waals surface area contributed by atoms with Crippen LogP contribution in [0, 0.1) is 12.3 Å². The molecule has 0 unspecified atom stereocenters. The number of aliphatic hydroxyl groups excluding tert-OH is 1. The zero-order valence-corrected chi connectivity index (χ0v) is 8.25. The van der Waals surface area contributed by atoms with Crippen LogP contribution in [-0.2, 0) is 4.79 Å². The molecule has 0 atom stereocenters. The second-order valence-electron chi connectivity index (χ2n) is 2.76. The summed E-state index contributed by atoms with van der Waals surface area (Å²) in [5.74, 6) is 1.76. The molecule has 0 aliphatic carbocycles. The van der Waals surface area contributed by atoms with Gasteiger partial charge in [-0.05, 0) is 0 Å². The molecule has 0 aromatic rings. The predicted molar refractivity (Wildman–Crippen MR) is 51.4 cm³/mol. The van der Waals surface area contributed by atoms with Crippen LogP contribution in [0.3, 0.4) is 0 Å². The summed E-state index contributed by atoms with van der Waals surface area (Å²) in [6.45, 7) is -1.00. The molecule has 0 saturated carbocycles. The van der Waals surface area contributed by atoms with E-state index in [-0.39, 0.29) is 26.2 Å². The number of amides is 1. The van der Waals surface area contributed by atoms with Crippen LogP contribution in [0.25, 0.3) is 0 Å². The number of carbonyl (C=O) groups is 1. The van der Waals surface area contributed by atoms with Crippen LogP contribution in [0.2, 0.25) is 0 Å². The number of alkyl halides is 2. The lowest BCUT2D eigenvalue weighted by atomic mass is 10.4. The maximum atomic E-state index is 12.0. The third kappa shape index (κ3) is 6.82. The molecule has 6 heteroatoms. The molecule has 0 aromatic heterocycles. The quantitative estimate of drug-likeness (QED) is 0.440. The van der Waals surface area contributed by atoms with E-state index in [1.807, 2.05) is 0 Å². The Labute approximate surface area is 87.3 Å². The first-order valence-electron chi connectivity index (χ1n) is 4.42. The SMILES string of the molecule is C#CCNCC(=O)N(CCO)CC(F)F. The van der Waals surface area contributed by atoms with Gasteiger partial charge in [0.05, 0.1) is 26.2 Å². The molecule has 0 aromatic carbocycles. The standard InChI is InChI=1S/C9H14F2N2O2/c1-2-3-12-6-9(15)13(4-5-14)7-8(10)11/h1,8,12,14H,3-7H2. The Balaban J connectivity index is 3.99. The first-order valence-corrected chi connectivity index (χ1v) is 4.42. The van der Waals surface area contributed by atoms with Crippen LogP contribution >= 0.6 is 0 Å². The first kappa shape index (κ1) is 13.8. The maximum absolute atomic E-state index is 12.0. The van der Waals surface area contributed by atoms with E-state index in [1.165, 1.54) is 0 Å². The van der Waals surface area contributed by atoms with Gasteiger partial charge in [0, 0.05) is 6.54 Å².